The molecule has 0 aromatic carbocycles. The molecule has 1 unspecified atom stereocenters. The summed E-state index contributed by atoms with van der Waals surface area (Å²) in [7, 11) is 0. The third kappa shape index (κ3) is 2.19. The number of anilines is 1. The summed E-state index contributed by atoms with van der Waals surface area (Å²) >= 11 is 9.37. The van der Waals surface area contributed by atoms with Gasteiger partial charge in [-0.25, -0.2) is 0 Å². The van der Waals surface area contributed by atoms with Gasteiger partial charge < -0.3 is 5.32 Å². The van der Waals surface area contributed by atoms with Crippen LogP contribution in [0.2, 0.25) is 4.34 Å². The summed E-state index contributed by atoms with van der Waals surface area (Å²) in [5.74, 6) is 0. The van der Waals surface area contributed by atoms with E-state index >= 15 is 0 Å². The van der Waals surface area contributed by atoms with Gasteiger partial charge in [0.05, 0.1) is 10.4 Å². The number of rotatable bonds is 3. The fourth-order valence-corrected chi connectivity index (χ4v) is 4.17. The molecular weight excluding hydrogens is 274 g/mol. The Kier molecular flexibility index (Phi) is 3.06. The van der Waals surface area contributed by atoms with Crippen molar-refractivity contribution >= 4 is 39.4 Å². The second-order valence-corrected chi connectivity index (χ2v) is 6.85. The number of hydrogen-bond donors (Lipinski definition) is 1. The minimum atomic E-state index is 0.353. The first-order valence-corrected chi connectivity index (χ1v) is 7.64. The molecule has 3 nitrogen and oxygen atoms in total. The molecule has 0 bridgehead atoms. The molecule has 1 N–H and O–H groups in total. The van der Waals surface area contributed by atoms with E-state index in [9.17, 15) is 0 Å². The first-order valence-electron chi connectivity index (χ1n) is 5.63. The van der Waals surface area contributed by atoms with E-state index in [1.54, 1.807) is 22.7 Å². The minimum Gasteiger partial charge on any atom is -0.353 e. The van der Waals surface area contributed by atoms with Gasteiger partial charge in [-0.3, -0.25) is 0 Å². The van der Waals surface area contributed by atoms with Crippen molar-refractivity contribution in [2.75, 3.05) is 5.32 Å². The van der Waals surface area contributed by atoms with Gasteiger partial charge in [-0.05, 0) is 30.9 Å². The van der Waals surface area contributed by atoms with Crippen LogP contribution in [0.3, 0.4) is 0 Å². The molecule has 0 amide bonds. The van der Waals surface area contributed by atoms with Crippen LogP contribution in [-0.4, -0.2) is 10.2 Å². The number of aryl methyl sites for hydroxylation is 2. The van der Waals surface area contributed by atoms with Gasteiger partial charge >= 0.3 is 0 Å². The molecule has 1 aliphatic rings. The Hall–Kier alpha value is -0.650. The summed E-state index contributed by atoms with van der Waals surface area (Å²) in [6.07, 6.45) is 3.18. The highest BCUT2D eigenvalue weighted by Gasteiger charge is 2.25. The van der Waals surface area contributed by atoms with E-state index in [-0.39, 0.29) is 0 Å². The molecule has 0 radical (unpaired) electrons. The van der Waals surface area contributed by atoms with E-state index in [0.717, 1.165) is 33.7 Å². The van der Waals surface area contributed by atoms with E-state index in [4.69, 9.17) is 11.6 Å². The average molecular weight is 286 g/mol. The molecule has 2 aromatic heterocycles. The Morgan fingerprint density at radius 1 is 1.47 bits per heavy atom. The molecule has 2 heterocycles. The van der Waals surface area contributed by atoms with Crippen LogP contribution in [0.25, 0.3) is 0 Å². The third-order valence-electron chi connectivity index (χ3n) is 2.91. The van der Waals surface area contributed by atoms with Gasteiger partial charge in [-0.15, -0.1) is 21.5 Å². The number of nitrogens with one attached hydrogen (secondary N) is 1. The highest BCUT2D eigenvalue weighted by Crippen LogP contribution is 2.41. The first kappa shape index (κ1) is 11.4. The predicted octanol–water partition coefficient (Wildman–Crippen LogP) is 3.91. The van der Waals surface area contributed by atoms with Crippen molar-refractivity contribution in [2.45, 2.75) is 32.2 Å². The average Bonchev–Trinajstić information content (AvgIpc) is 2.97. The summed E-state index contributed by atoms with van der Waals surface area (Å²) in [5, 5.41) is 13.7. The molecule has 0 saturated heterocycles. The van der Waals surface area contributed by atoms with Crippen molar-refractivity contribution in [1.82, 2.24) is 10.2 Å². The van der Waals surface area contributed by atoms with Crippen molar-refractivity contribution in [3.8, 4) is 0 Å². The monoisotopic (exact) mass is 285 g/mol. The molecule has 0 spiro atoms. The summed E-state index contributed by atoms with van der Waals surface area (Å²) in [6.45, 7) is 2.09. The molecule has 6 heteroatoms. The highest BCUT2D eigenvalue weighted by molar-refractivity contribution is 7.16. The van der Waals surface area contributed by atoms with E-state index in [0.29, 0.717) is 6.04 Å². The smallest absolute Gasteiger partial charge is 0.206 e. The van der Waals surface area contributed by atoms with Gasteiger partial charge in [0.25, 0.3) is 0 Å². The summed E-state index contributed by atoms with van der Waals surface area (Å²) in [6, 6.07) is 2.43. The van der Waals surface area contributed by atoms with Gasteiger partial charge in [-0.2, -0.15) is 0 Å². The molecule has 2 aromatic rings. The lowest BCUT2D eigenvalue weighted by Crippen LogP contribution is -2.06. The number of halogens is 1. The van der Waals surface area contributed by atoms with Crippen LogP contribution < -0.4 is 5.32 Å². The van der Waals surface area contributed by atoms with Crippen LogP contribution in [0.4, 0.5) is 5.13 Å². The van der Waals surface area contributed by atoms with Gasteiger partial charge in [0.1, 0.15) is 5.01 Å². The Morgan fingerprint density at radius 2 is 2.35 bits per heavy atom. The molecule has 1 aliphatic carbocycles. The normalized spacial score (nSPS) is 18.4. The van der Waals surface area contributed by atoms with Gasteiger partial charge in [-0.1, -0.05) is 29.9 Å². The maximum atomic E-state index is 6.04. The number of aromatic nitrogens is 2. The number of thiophene rings is 1. The lowest BCUT2D eigenvalue weighted by atomic mass is 10.2. The Labute approximate surface area is 113 Å². The summed E-state index contributed by atoms with van der Waals surface area (Å²) in [5.41, 5.74) is 1.34. The fraction of sp³-hybridized carbons (Fsp3) is 0.455. The molecule has 0 aliphatic heterocycles. The molecule has 90 valence electrons. The van der Waals surface area contributed by atoms with Crippen molar-refractivity contribution in [1.29, 1.82) is 0 Å². The molecule has 0 fully saturated rings. The number of nitrogens with zero attached hydrogens (tertiary/aromatic N) is 2. The molecular formula is C11H12ClN3S2. The molecule has 17 heavy (non-hydrogen) atoms. The van der Waals surface area contributed by atoms with E-state index < -0.39 is 0 Å². The summed E-state index contributed by atoms with van der Waals surface area (Å²) in [4.78, 5) is 1.41. The van der Waals surface area contributed by atoms with Gasteiger partial charge in [0.2, 0.25) is 5.13 Å². The maximum Gasteiger partial charge on any atom is 0.206 e. The largest absolute Gasteiger partial charge is 0.353 e. The van der Waals surface area contributed by atoms with E-state index in [2.05, 4.69) is 28.5 Å². The van der Waals surface area contributed by atoms with Crippen molar-refractivity contribution in [2.24, 2.45) is 0 Å². The number of hydrogen-bond acceptors (Lipinski definition) is 5. The first-order chi connectivity index (χ1) is 8.26. The summed E-state index contributed by atoms with van der Waals surface area (Å²) < 4.78 is 0.882. The Bertz CT molecular complexity index is 535. The van der Waals surface area contributed by atoms with Crippen LogP contribution in [0, 0.1) is 0 Å². The number of fused-ring (bicyclic) bond motifs is 1. The molecule has 3 rings (SSSR count). The SMILES string of the molecule is CCc1nnc(NC2CCc3sc(Cl)cc32)s1. The van der Waals surface area contributed by atoms with Gasteiger partial charge in [0.15, 0.2) is 0 Å². The Balaban J connectivity index is 1.78. The van der Waals surface area contributed by atoms with E-state index in [1.165, 1.54) is 10.4 Å². The Morgan fingerprint density at radius 3 is 3.12 bits per heavy atom. The van der Waals surface area contributed by atoms with Crippen LogP contribution in [0.5, 0.6) is 0 Å². The molecule has 0 saturated carbocycles. The van der Waals surface area contributed by atoms with Crippen molar-refractivity contribution < 1.29 is 0 Å². The minimum absolute atomic E-state index is 0.353. The quantitative estimate of drug-likeness (QED) is 0.929. The zero-order valence-electron chi connectivity index (χ0n) is 9.36. The maximum absolute atomic E-state index is 6.04. The lowest BCUT2D eigenvalue weighted by Gasteiger charge is -2.10. The van der Waals surface area contributed by atoms with Crippen LogP contribution in [-0.2, 0) is 12.8 Å². The second-order valence-electron chi connectivity index (χ2n) is 4.02. The van der Waals surface area contributed by atoms with Crippen LogP contribution in [0.15, 0.2) is 6.07 Å². The zero-order chi connectivity index (χ0) is 11.8. The second kappa shape index (κ2) is 4.55. The van der Waals surface area contributed by atoms with Crippen molar-refractivity contribution in [3.05, 3.63) is 25.9 Å². The van der Waals surface area contributed by atoms with Crippen LogP contribution >= 0.6 is 34.3 Å². The predicted molar refractivity (Wildman–Crippen MR) is 73.3 cm³/mol. The topological polar surface area (TPSA) is 37.8 Å². The molecule has 1 atom stereocenters. The van der Waals surface area contributed by atoms with E-state index in [1.807, 2.05) is 0 Å². The fourth-order valence-electron chi connectivity index (χ4n) is 2.08. The third-order valence-corrected chi connectivity index (χ3v) is 5.25. The highest BCUT2D eigenvalue weighted by atomic mass is 35.5. The van der Waals surface area contributed by atoms with Crippen molar-refractivity contribution in [3.63, 3.8) is 0 Å². The lowest BCUT2D eigenvalue weighted by molar-refractivity contribution is 0.758. The van der Waals surface area contributed by atoms with Gasteiger partial charge in [0, 0.05) is 4.88 Å². The standard InChI is InChI=1S/C11H12ClN3S2/c1-2-10-14-15-11(17-10)13-7-3-4-8-6(7)5-9(12)16-8/h5,7H,2-4H2,1H3,(H,13,15). The zero-order valence-corrected chi connectivity index (χ0v) is 11.8. The van der Waals surface area contributed by atoms with Crippen LogP contribution in [0.1, 0.15) is 34.8 Å².